The molecule has 2 aromatic heterocycles. The van der Waals surface area contributed by atoms with Gasteiger partial charge in [0, 0.05) is 4.88 Å². The van der Waals surface area contributed by atoms with Gasteiger partial charge in [0.15, 0.2) is 11.9 Å². The van der Waals surface area contributed by atoms with Crippen molar-refractivity contribution in [3.8, 4) is 11.8 Å². The van der Waals surface area contributed by atoms with E-state index in [1.54, 1.807) is 38.3 Å². The van der Waals surface area contributed by atoms with Crippen LogP contribution >= 0.6 is 11.3 Å². The Balaban J connectivity index is 1.83. The highest BCUT2D eigenvalue weighted by Gasteiger charge is 2.20. The van der Waals surface area contributed by atoms with Crippen LogP contribution in [0.1, 0.15) is 34.9 Å². The molecule has 0 fully saturated rings. The second-order valence-electron chi connectivity index (χ2n) is 6.41. The number of aromatic amines is 1. The number of hydrogen-bond acceptors (Lipinski definition) is 7. The molecule has 1 N–H and O–H groups in total. The predicted molar refractivity (Wildman–Crippen MR) is 111 cm³/mol. The number of carbonyl (C=O) groups excluding carboxylic acids is 1. The Morgan fingerprint density at radius 2 is 2.00 bits per heavy atom. The molecule has 0 saturated heterocycles. The van der Waals surface area contributed by atoms with E-state index in [2.05, 4.69) is 9.97 Å². The summed E-state index contributed by atoms with van der Waals surface area (Å²) < 4.78 is 10.5. The van der Waals surface area contributed by atoms with Crippen molar-refractivity contribution in [2.45, 2.75) is 26.9 Å². The maximum absolute atomic E-state index is 12.4. The highest BCUT2D eigenvalue weighted by Crippen LogP contribution is 2.27. The third-order valence-electron chi connectivity index (χ3n) is 4.49. The molecule has 29 heavy (non-hydrogen) atoms. The van der Waals surface area contributed by atoms with E-state index in [0.717, 1.165) is 10.4 Å². The monoisotopic (exact) mass is 409 g/mol. The third kappa shape index (κ3) is 4.20. The molecule has 3 rings (SSSR count). The lowest BCUT2D eigenvalue weighted by molar-refractivity contribution is -0.143. The minimum absolute atomic E-state index is 0.159. The van der Waals surface area contributed by atoms with E-state index in [0.29, 0.717) is 21.5 Å². The molecule has 0 aliphatic heterocycles. The zero-order valence-corrected chi connectivity index (χ0v) is 17.2. The molecule has 0 unspecified atom stereocenters. The quantitative estimate of drug-likeness (QED) is 0.390. The molecule has 7 nitrogen and oxygen atoms in total. The fourth-order valence-corrected chi connectivity index (χ4v) is 3.78. The molecule has 0 aliphatic carbocycles. The first-order valence-electron chi connectivity index (χ1n) is 8.80. The van der Waals surface area contributed by atoms with Crippen LogP contribution in [0.3, 0.4) is 0 Å². The lowest BCUT2D eigenvalue weighted by Gasteiger charge is -2.12. The number of nitriles is 1. The second-order valence-corrected chi connectivity index (χ2v) is 7.61. The molecule has 0 spiro atoms. The van der Waals surface area contributed by atoms with Crippen LogP contribution in [0.2, 0.25) is 0 Å². The Labute approximate surface area is 171 Å². The molecule has 1 atom stereocenters. The van der Waals surface area contributed by atoms with Crippen LogP contribution in [0, 0.1) is 25.2 Å². The second kappa shape index (κ2) is 8.29. The third-order valence-corrected chi connectivity index (χ3v) is 5.59. The number of thiophene rings is 1. The molecule has 2 heterocycles. The van der Waals surface area contributed by atoms with Gasteiger partial charge in [0.1, 0.15) is 22.2 Å². The SMILES string of the molecule is COc1ccc(/C=C(\C#N)C(=O)O[C@H](C)c2nc3sc(C)c(C)c3c(=O)[nH]2)cc1. The number of benzene rings is 1. The number of ether oxygens (including phenoxy) is 2. The lowest BCUT2D eigenvalue weighted by Crippen LogP contribution is -2.17. The summed E-state index contributed by atoms with van der Waals surface area (Å²) in [6, 6.07) is 8.75. The van der Waals surface area contributed by atoms with E-state index in [4.69, 9.17) is 9.47 Å². The minimum atomic E-state index is -0.824. The van der Waals surface area contributed by atoms with Crippen LogP contribution < -0.4 is 10.3 Å². The Kier molecular flexibility index (Phi) is 5.80. The molecule has 0 aliphatic rings. The van der Waals surface area contributed by atoms with Crippen LogP contribution in [0.4, 0.5) is 0 Å². The number of nitrogens with zero attached hydrogens (tertiary/aromatic N) is 2. The van der Waals surface area contributed by atoms with Gasteiger partial charge in [-0.05, 0) is 50.1 Å². The summed E-state index contributed by atoms with van der Waals surface area (Å²) in [4.78, 5) is 33.5. The average molecular weight is 409 g/mol. The summed E-state index contributed by atoms with van der Waals surface area (Å²) in [5.74, 6) is 0.109. The Morgan fingerprint density at radius 3 is 2.62 bits per heavy atom. The number of hydrogen-bond donors (Lipinski definition) is 1. The van der Waals surface area contributed by atoms with E-state index in [1.165, 1.54) is 17.4 Å². The molecule has 8 heteroatoms. The fourth-order valence-electron chi connectivity index (χ4n) is 2.75. The topological polar surface area (TPSA) is 105 Å². The van der Waals surface area contributed by atoms with Crippen molar-refractivity contribution in [1.82, 2.24) is 9.97 Å². The number of nitrogens with one attached hydrogen (secondary N) is 1. The van der Waals surface area contributed by atoms with E-state index in [9.17, 15) is 14.9 Å². The van der Waals surface area contributed by atoms with Gasteiger partial charge in [-0.3, -0.25) is 4.79 Å². The molecule has 148 valence electrons. The zero-order chi connectivity index (χ0) is 21.1. The number of rotatable bonds is 5. The number of aromatic nitrogens is 2. The van der Waals surface area contributed by atoms with Gasteiger partial charge in [-0.25, -0.2) is 9.78 Å². The van der Waals surface area contributed by atoms with Gasteiger partial charge in [0.25, 0.3) is 5.56 Å². The average Bonchev–Trinajstić information content (AvgIpc) is 3.00. The molecule has 0 bridgehead atoms. The molecular formula is C21H19N3O4S. The van der Waals surface area contributed by atoms with Crippen molar-refractivity contribution in [1.29, 1.82) is 5.26 Å². The lowest BCUT2D eigenvalue weighted by atomic mass is 10.1. The fraction of sp³-hybridized carbons (Fsp3) is 0.238. The minimum Gasteiger partial charge on any atom is -0.497 e. The first-order chi connectivity index (χ1) is 13.8. The first kappa shape index (κ1) is 20.3. The van der Waals surface area contributed by atoms with Crippen molar-refractivity contribution in [2.24, 2.45) is 0 Å². The highest BCUT2D eigenvalue weighted by molar-refractivity contribution is 7.18. The Bertz CT molecular complexity index is 1200. The van der Waals surface area contributed by atoms with Gasteiger partial charge in [0.05, 0.1) is 12.5 Å². The summed E-state index contributed by atoms with van der Waals surface area (Å²) in [5, 5.41) is 9.89. The number of aryl methyl sites for hydroxylation is 2. The standard InChI is InChI=1S/C21H19N3O4S/c1-11-13(3)29-20-17(11)19(25)23-18(24-20)12(2)28-21(26)15(10-22)9-14-5-7-16(27-4)8-6-14/h5-9,12H,1-4H3,(H,23,24,25)/b15-9+/t12-/m1/s1. The van der Waals surface area contributed by atoms with E-state index in [-0.39, 0.29) is 17.0 Å². The molecule has 0 radical (unpaired) electrons. The summed E-state index contributed by atoms with van der Waals surface area (Å²) in [6.45, 7) is 5.39. The molecule has 1 aromatic carbocycles. The maximum atomic E-state index is 12.4. The highest BCUT2D eigenvalue weighted by atomic mass is 32.1. The summed E-state index contributed by atoms with van der Waals surface area (Å²) in [6.07, 6.45) is 0.606. The van der Waals surface area contributed by atoms with Gasteiger partial charge >= 0.3 is 5.97 Å². The number of methoxy groups -OCH3 is 1. The number of esters is 1. The van der Waals surface area contributed by atoms with E-state index < -0.39 is 12.1 Å². The number of carbonyl (C=O) groups is 1. The van der Waals surface area contributed by atoms with E-state index >= 15 is 0 Å². The predicted octanol–water partition coefficient (Wildman–Crippen LogP) is 3.82. The smallest absolute Gasteiger partial charge is 0.349 e. The van der Waals surface area contributed by atoms with Gasteiger partial charge in [0.2, 0.25) is 0 Å². The summed E-state index contributed by atoms with van der Waals surface area (Å²) >= 11 is 1.41. The van der Waals surface area contributed by atoms with Crippen molar-refractivity contribution in [3.63, 3.8) is 0 Å². The maximum Gasteiger partial charge on any atom is 0.349 e. The van der Waals surface area contributed by atoms with Gasteiger partial charge in [-0.15, -0.1) is 11.3 Å². The summed E-state index contributed by atoms with van der Waals surface area (Å²) in [7, 11) is 1.55. The molecule has 3 aromatic rings. The molecular weight excluding hydrogens is 390 g/mol. The Hall–Kier alpha value is -3.44. The van der Waals surface area contributed by atoms with Crippen molar-refractivity contribution in [3.05, 3.63) is 62.0 Å². The van der Waals surface area contributed by atoms with Crippen LogP contribution in [0.5, 0.6) is 5.75 Å². The number of fused-ring (bicyclic) bond motifs is 1. The van der Waals surface area contributed by atoms with Crippen LogP contribution in [0.15, 0.2) is 34.6 Å². The molecule has 0 saturated carbocycles. The van der Waals surface area contributed by atoms with Crippen molar-refractivity contribution >= 4 is 33.6 Å². The van der Waals surface area contributed by atoms with Crippen LogP contribution in [-0.2, 0) is 9.53 Å². The first-order valence-corrected chi connectivity index (χ1v) is 9.62. The van der Waals surface area contributed by atoms with Crippen molar-refractivity contribution < 1.29 is 14.3 Å². The summed E-state index contributed by atoms with van der Waals surface area (Å²) in [5.41, 5.74) is 1.12. The van der Waals surface area contributed by atoms with Gasteiger partial charge in [-0.2, -0.15) is 5.26 Å². The van der Waals surface area contributed by atoms with Crippen molar-refractivity contribution in [2.75, 3.05) is 7.11 Å². The van der Waals surface area contributed by atoms with Gasteiger partial charge < -0.3 is 14.5 Å². The van der Waals surface area contributed by atoms with Gasteiger partial charge in [-0.1, -0.05) is 12.1 Å². The van der Waals surface area contributed by atoms with Crippen LogP contribution in [0.25, 0.3) is 16.3 Å². The zero-order valence-electron chi connectivity index (χ0n) is 16.4. The normalized spacial score (nSPS) is 12.4. The largest absolute Gasteiger partial charge is 0.497 e. The van der Waals surface area contributed by atoms with Crippen LogP contribution in [-0.4, -0.2) is 23.0 Å². The van der Waals surface area contributed by atoms with E-state index in [1.807, 2.05) is 19.9 Å². The Morgan fingerprint density at radius 1 is 1.31 bits per heavy atom. The number of H-pyrrole nitrogens is 1. The molecule has 0 amide bonds.